The summed E-state index contributed by atoms with van der Waals surface area (Å²) in [7, 11) is 0. The first-order valence-corrected chi connectivity index (χ1v) is 8.71. The topological polar surface area (TPSA) is 104 Å². The van der Waals surface area contributed by atoms with Gasteiger partial charge in [0.1, 0.15) is 18.5 Å². The Morgan fingerprint density at radius 1 is 1.23 bits per heavy atom. The largest absolute Gasteiger partial charge is 0.417 e. The summed E-state index contributed by atoms with van der Waals surface area (Å²) in [4.78, 5) is 20.4. The molecule has 1 aromatic carbocycles. The molecule has 0 bridgehead atoms. The van der Waals surface area contributed by atoms with Crippen LogP contribution in [-0.2, 0) is 17.4 Å². The minimum Gasteiger partial charge on any atom is -0.394 e. The van der Waals surface area contributed by atoms with Gasteiger partial charge in [0, 0.05) is 6.20 Å². The first-order valence-electron chi connectivity index (χ1n) is 8.71. The SMILES string of the molecule is CCc1cc(C(F)(F)F)cnc1Nc1c(C(=O)NOC[C@H](O)CO)cc(F)c(F)c1F. The van der Waals surface area contributed by atoms with Crippen LogP contribution in [0.5, 0.6) is 0 Å². The molecule has 1 atom stereocenters. The number of aryl methyl sites for hydroxylation is 1. The van der Waals surface area contributed by atoms with E-state index in [4.69, 9.17) is 10.2 Å². The monoisotopic (exact) mass is 453 g/mol. The second-order valence-electron chi connectivity index (χ2n) is 6.20. The number of aliphatic hydroxyl groups excluding tert-OH is 2. The third-order valence-corrected chi connectivity index (χ3v) is 3.98. The summed E-state index contributed by atoms with van der Waals surface area (Å²) in [5.41, 5.74) is -1.05. The van der Waals surface area contributed by atoms with Gasteiger partial charge in [0.15, 0.2) is 17.5 Å². The average molecular weight is 453 g/mol. The minimum absolute atomic E-state index is 0.00817. The lowest BCUT2D eigenvalue weighted by molar-refractivity contribution is -0.137. The normalized spacial score (nSPS) is 12.5. The maximum Gasteiger partial charge on any atom is 0.417 e. The standard InChI is InChI=1S/C18H17F6N3O4/c1-2-8-3-9(18(22,23)24)5-25-16(8)26-15-11(4-12(19)13(20)14(15)21)17(30)27-31-7-10(29)6-28/h3-5,10,28-29H,2,6-7H2,1H3,(H,25,26)(H,27,30)/t10-/m1/s1. The van der Waals surface area contributed by atoms with Crippen LogP contribution >= 0.6 is 0 Å². The molecule has 1 heterocycles. The van der Waals surface area contributed by atoms with Gasteiger partial charge in [0.25, 0.3) is 5.91 Å². The molecule has 170 valence electrons. The second kappa shape index (κ2) is 9.94. The number of nitrogens with one attached hydrogen (secondary N) is 2. The Bertz CT molecular complexity index is 955. The fraction of sp³-hybridized carbons (Fsp3) is 0.333. The molecular weight excluding hydrogens is 436 g/mol. The maximum absolute atomic E-state index is 14.4. The van der Waals surface area contributed by atoms with Crippen molar-refractivity contribution in [1.82, 2.24) is 10.5 Å². The number of rotatable bonds is 8. The average Bonchev–Trinajstić information content (AvgIpc) is 2.72. The number of nitrogens with zero attached hydrogens (tertiary/aromatic N) is 1. The second-order valence-corrected chi connectivity index (χ2v) is 6.20. The molecule has 2 rings (SSSR count). The van der Waals surface area contributed by atoms with E-state index >= 15 is 0 Å². The Balaban J connectivity index is 2.42. The van der Waals surface area contributed by atoms with Crippen molar-refractivity contribution >= 4 is 17.4 Å². The zero-order valence-electron chi connectivity index (χ0n) is 15.9. The summed E-state index contributed by atoms with van der Waals surface area (Å²) in [6.45, 7) is 0.220. The fourth-order valence-corrected chi connectivity index (χ4v) is 2.37. The number of amides is 1. The van der Waals surface area contributed by atoms with Crippen molar-refractivity contribution in [2.45, 2.75) is 25.6 Å². The number of aliphatic hydroxyl groups is 2. The van der Waals surface area contributed by atoms with Crippen LogP contribution in [0.25, 0.3) is 0 Å². The highest BCUT2D eigenvalue weighted by Gasteiger charge is 2.32. The molecular formula is C18H17F6N3O4. The molecule has 0 saturated heterocycles. The van der Waals surface area contributed by atoms with Crippen LogP contribution < -0.4 is 10.8 Å². The number of hydrogen-bond acceptors (Lipinski definition) is 6. The third kappa shape index (κ3) is 5.83. The van der Waals surface area contributed by atoms with Gasteiger partial charge >= 0.3 is 6.18 Å². The molecule has 0 aliphatic rings. The van der Waals surface area contributed by atoms with E-state index in [1.54, 1.807) is 5.48 Å². The molecule has 1 aromatic heterocycles. The number of pyridine rings is 1. The molecule has 1 amide bonds. The van der Waals surface area contributed by atoms with Gasteiger partial charge in [0.2, 0.25) is 0 Å². The van der Waals surface area contributed by atoms with Gasteiger partial charge in [-0.05, 0) is 24.1 Å². The van der Waals surface area contributed by atoms with E-state index in [2.05, 4.69) is 15.1 Å². The summed E-state index contributed by atoms with van der Waals surface area (Å²) in [5, 5.41) is 20.1. The summed E-state index contributed by atoms with van der Waals surface area (Å²) >= 11 is 0. The van der Waals surface area contributed by atoms with Gasteiger partial charge in [0.05, 0.1) is 23.4 Å². The van der Waals surface area contributed by atoms with E-state index in [9.17, 15) is 31.1 Å². The third-order valence-electron chi connectivity index (χ3n) is 3.98. The fourth-order valence-electron chi connectivity index (χ4n) is 2.37. The van der Waals surface area contributed by atoms with E-state index < -0.39 is 65.7 Å². The smallest absolute Gasteiger partial charge is 0.394 e. The highest BCUT2D eigenvalue weighted by Crippen LogP contribution is 2.33. The molecule has 2 aromatic rings. The van der Waals surface area contributed by atoms with Crippen LogP contribution in [0, 0.1) is 17.5 Å². The summed E-state index contributed by atoms with van der Waals surface area (Å²) in [5.74, 6) is -7.04. The van der Waals surface area contributed by atoms with Crippen LogP contribution in [0.1, 0.15) is 28.4 Å². The van der Waals surface area contributed by atoms with Crippen LogP contribution in [0.15, 0.2) is 18.3 Å². The highest BCUT2D eigenvalue weighted by atomic mass is 19.4. The van der Waals surface area contributed by atoms with Crippen molar-refractivity contribution in [2.75, 3.05) is 18.5 Å². The predicted molar refractivity (Wildman–Crippen MR) is 94.7 cm³/mol. The van der Waals surface area contributed by atoms with Crippen LogP contribution in [0.3, 0.4) is 0 Å². The van der Waals surface area contributed by atoms with Crippen LogP contribution in [0.2, 0.25) is 0 Å². The van der Waals surface area contributed by atoms with Gasteiger partial charge in [-0.2, -0.15) is 13.2 Å². The van der Waals surface area contributed by atoms with Crippen molar-refractivity contribution in [3.8, 4) is 0 Å². The lowest BCUT2D eigenvalue weighted by Crippen LogP contribution is -2.30. The lowest BCUT2D eigenvalue weighted by Gasteiger charge is -2.17. The highest BCUT2D eigenvalue weighted by molar-refractivity contribution is 6.00. The Morgan fingerprint density at radius 2 is 1.90 bits per heavy atom. The summed E-state index contributed by atoms with van der Waals surface area (Å²) in [6.07, 6.45) is -5.58. The molecule has 0 fully saturated rings. The van der Waals surface area contributed by atoms with Crippen LogP contribution in [0.4, 0.5) is 37.8 Å². The Morgan fingerprint density at radius 3 is 2.48 bits per heavy atom. The number of hydroxylamine groups is 1. The van der Waals surface area contributed by atoms with Crippen LogP contribution in [-0.4, -0.2) is 40.4 Å². The van der Waals surface area contributed by atoms with E-state index in [0.717, 1.165) is 6.07 Å². The van der Waals surface area contributed by atoms with Crippen molar-refractivity contribution in [1.29, 1.82) is 0 Å². The summed E-state index contributed by atoms with van der Waals surface area (Å²) in [6, 6.07) is 1.09. The number of carbonyl (C=O) groups is 1. The molecule has 0 spiro atoms. The van der Waals surface area contributed by atoms with Gasteiger partial charge < -0.3 is 15.5 Å². The molecule has 31 heavy (non-hydrogen) atoms. The van der Waals surface area contributed by atoms with Crippen molar-refractivity contribution in [3.63, 3.8) is 0 Å². The number of alkyl halides is 3. The maximum atomic E-state index is 14.4. The number of hydrogen-bond donors (Lipinski definition) is 4. The first kappa shape index (κ1) is 24.4. The van der Waals surface area contributed by atoms with E-state index in [1.807, 2.05) is 0 Å². The molecule has 13 heteroatoms. The number of aromatic nitrogens is 1. The van der Waals surface area contributed by atoms with Gasteiger partial charge in [-0.3, -0.25) is 9.63 Å². The van der Waals surface area contributed by atoms with Crippen molar-refractivity contribution in [3.05, 3.63) is 52.5 Å². The minimum atomic E-state index is -4.69. The Kier molecular flexibility index (Phi) is 7.81. The molecule has 0 saturated carbocycles. The molecule has 0 aliphatic heterocycles. The van der Waals surface area contributed by atoms with Gasteiger partial charge in [-0.1, -0.05) is 6.92 Å². The predicted octanol–water partition coefficient (Wildman–Crippen LogP) is 2.84. The van der Waals surface area contributed by atoms with Crippen molar-refractivity contribution in [2.24, 2.45) is 0 Å². The van der Waals surface area contributed by atoms with Crippen molar-refractivity contribution < 1.29 is 46.2 Å². The zero-order chi connectivity index (χ0) is 23.3. The quantitative estimate of drug-likeness (QED) is 0.279. The Labute approximate surface area is 171 Å². The molecule has 7 nitrogen and oxygen atoms in total. The van der Waals surface area contributed by atoms with E-state index in [1.165, 1.54) is 6.92 Å². The van der Waals surface area contributed by atoms with Gasteiger partial charge in [-0.15, -0.1) is 0 Å². The Hall–Kier alpha value is -2.90. The number of anilines is 2. The summed E-state index contributed by atoms with van der Waals surface area (Å²) < 4.78 is 80.5. The van der Waals surface area contributed by atoms with Gasteiger partial charge in [-0.25, -0.2) is 23.6 Å². The zero-order valence-corrected chi connectivity index (χ0v) is 15.9. The molecule has 4 N–H and O–H groups in total. The van der Waals surface area contributed by atoms with E-state index in [-0.39, 0.29) is 17.8 Å². The first-order chi connectivity index (χ1) is 14.5. The number of halogens is 6. The molecule has 0 aliphatic carbocycles. The number of benzene rings is 1. The number of carbonyl (C=O) groups excluding carboxylic acids is 1. The molecule has 0 unspecified atom stereocenters. The lowest BCUT2D eigenvalue weighted by atomic mass is 10.1. The van der Waals surface area contributed by atoms with E-state index in [0.29, 0.717) is 12.3 Å². The molecule has 0 radical (unpaired) electrons.